The fourth-order valence-corrected chi connectivity index (χ4v) is 3.24. The molecule has 0 aromatic heterocycles. The molecule has 0 unspecified atom stereocenters. The minimum absolute atomic E-state index is 0.0826. The number of carbonyl (C=O) groups is 2. The average molecular weight is 367 g/mol. The number of nitrogens with zero attached hydrogens (tertiary/aromatic N) is 2. The van der Waals surface area contributed by atoms with Crippen molar-refractivity contribution in [2.24, 2.45) is 0 Å². The van der Waals surface area contributed by atoms with Gasteiger partial charge in [-0.25, -0.2) is 4.79 Å². The summed E-state index contributed by atoms with van der Waals surface area (Å²) < 4.78 is 4.73. The molecule has 1 N–H and O–H groups in total. The number of benzene rings is 2. The SMILES string of the molecule is COC(=O)c1ccc(NCC(=O)N2CCN(c3ccccc3)CC2)c(C)c1. The molecular weight excluding hydrogens is 342 g/mol. The number of para-hydroxylation sites is 1. The minimum Gasteiger partial charge on any atom is -0.465 e. The van der Waals surface area contributed by atoms with E-state index in [-0.39, 0.29) is 18.4 Å². The molecule has 1 amide bonds. The van der Waals surface area contributed by atoms with Crippen molar-refractivity contribution in [3.8, 4) is 0 Å². The maximum Gasteiger partial charge on any atom is 0.337 e. The van der Waals surface area contributed by atoms with Gasteiger partial charge in [0, 0.05) is 37.6 Å². The van der Waals surface area contributed by atoms with Gasteiger partial charge in [0.25, 0.3) is 0 Å². The van der Waals surface area contributed by atoms with E-state index in [1.807, 2.05) is 36.1 Å². The molecule has 142 valence electrons. The third-order valence-electron chi connectivity index (χ3n) is 4.83. The van der Waals surface area contributed by atoms with Gasteiger partial charge < -0.3 is 19.9 Å². The van der Waals surface area contributed by atoms with Crippen LogP contribution in [-0.2, 0) is 9.53 Å². The number of rotatable bonds is 5. The molecule has 0 bridgehead atoms. The zero-order chi connectivity index (χ0) is 19.2. The summed E-state index contributed by atoms with van der Waals surface area (Å²) in [4.78, 5) is 28.3. The molecule has 6 nitrogen and oxygen atoms in total. The fraction of sp³-hybridized carbons (Fsp3) is 0.333. The van der Waals surface area contributed by atoms with Crippen LogP contribution in [0.1, 0.15) is 15.9 Å². The van der Waals surface area contributed by atoms with Crippen molar-refractivity contribution >= 4 is 23.3 Å². The van der Waals surface area contributed by atoms with Gasteiger partial charge in [0.05, 0.1) is 19.2 Å². The van der Waals surface area contributed by atoms with E-state index in [2.05, 4.69) is 22.3 Å². The van der Waals surface area contributed by atoms with Crippen molar-refractivity contribution < 1.29 is 14.3 Å². The quantitative estimate of drug-likeness (QED) is 0.823. The zero-order valence-corrected chi connectivity index (χ0v) is 15.8. The van der Waals surface area contributed by atoms with Crippen LogP contribution in [0.3, 0.4) is 0 Å². The predicted molar refractivity (Wildman–Crippen MR) is 106 cm³/mol. The van der Waals surface area contributed by atoms with Gasteiger partial charge in [-0.3, -0.25) is 4.79 Å². The number of piperazine rings is 1. The highest BCUT2D eigenvalue weighted by Gasteiger charge is 2.21. The van der Waals surface area contributed by atoms with Gasteiger partial charge in [0.15, 0.2) is 0 Å². The molecule has 1 aliphatic heterocycles. The van der Waals surface area contributed by atoms with E-state index in [4.69, 9.17) is 4.74 Å². The summed E-state index contributed by atoms with van der Waals surface area (Å²) in [6, 6.07) is 15.5. The van der Waals surface area contributed by atoms with Crippen molar-refractivity contribution in [3.05, 3.63) is 59.7 Å². The van der Waals surface area contributed by atoms with E-state index in [9.17, 15) is 9.59 Å². The first-order chi connectivity index (χ1) is 13.1. The summed E-state index contributed by atoms with van der Waals surface area (Å²) in [6.45, 7) is 5.25. The van der Waals surface area contributed by atoms with Crippen LogP contribution in [0.2, 0.25) is 0 Å². The van der Waals surface area contributed by atoms with E-state index in [1.165, 1.54) is 12.8 Å². The van der Waals surface area contributed by atoms with Gasteiger partial charge in [-0.2, -0.15) is 0 Å². The lowest BCUT2D eigenvalue weighted by Crippen LogP contribution is -2.50. The van der Waals surface area contributed by atoms with Crippen LogP contribution in [-0.4, -0.2) is 56.6 Å². The van der Waals surface area contributed by atoms with Crippen LogP contribution in [0.15, 0.2) is 48.5 Å². The summed E-state index contributed by atoms with van der Waals surface area (Å²) >= 11 is 0. The zero-order valence-electron chi connectivity index (χ0n) is 15.8. The summed E-state index contributed by atoms with van der Waals surface area (Å²) in [5.41, 5.74) is 3.45. The number of anilines is 2. The molecule has 1 fully saturated rings. The number of methoxy groups -OCH3 is 1. The van der Waals surface area contributed by atoms with E-state index in [1.54, 1.807) is 12.1 Å². The minimum atomic E-state index is -0.364. The normalized spacial score (nSPS) is 14.0. The van der Waals surface area contributed by atoms with Gasteiger partial charge in [0.1, 0.15) is 0 Å². The summed E-state index contributed by atoms with van der Waals surface area (Å²) in [5.74, 6) is -0.281. The number of ether oxygens (including phenoxy) is 1. The molecule has 0 aliphatic carbocycles. The number of nitrogens with one attached hydrogen (secondary N) is 1. The van der Waals surface area contributed by atoms with Gasteiger partial charge in [-0.15, -0.1) is 0 Å². The lowest BCUT2D eigenvalue weighted by atomic mass is 10.1. The maximum absolute atomic E-state index is 12.5. The lowest BCUT2D eigenvalue weighted by molar-refractivity contribution is -0.129. The Hall–Kier alpha value is -3.02. The third kappa shape index (κ3) is 4.58. The molecule has 6 heteroatoms. The Morgan fingerprint density at radius 1 is 1.04 bits per heavy atom. The Bertz CT molecular complexity index is 800. The van der Waals surface area contributed by atoms with Crippen molar-refractivity contribution in [2.45, 2.75) is 6.92 Å². The molecule has 27 heavy (non-hydrogen) atoms. The molecule has 0 saturated carbocycles. The van der Waals surface area contributed by atoms with Gasteiger partial charge >= 0.3 is 5.97 Å². The molecule has 2 aromatic rings. The fourth-order valence-electron chi connectivity index (χ4n) is 3.24. The number of hydrogen-bond donors (Lipinski definition) is 1. The number of esters is 1. The second-order valence-corrected chi connectivity index (χ2v) is 6.58. The number of carbonyl (C=O) groups excluding carboxylic acids is 2. The summed E-state index contributed by atoms with van der Waals surface area (Å²) in [7, 11) is 1.36. The standard InChI is InChI=1S/C21H25N3O3/c1-16-14-17(21(26)27-2)8-9-19(16)22-15-20(25)24-12-10-23(11-13-24)18-6-4-3-5-7-18/h3-9,14,22H,10-13,15H2,1-2H3. The van der Waals surface area contributed by atoms with E-state index in [0.29, 0.717) is 5.56 Å². The number of aryl methyl sites for hydroxylation is 1. The molecule has 2 aromatic carbocycles. The van der Waals surface area contributed by atoms with Crippen LogP contribution in [0, 0.1) is 6.92 Å². The Morgan fingerprint density at radius 3 is 2.37 bits per heavy atom. The van der Waals surface area contributed by atoms with E-state index >= 15 is 0 Å². The third-order valence-corrected chi connectivity index (χ3v) is 4.83. The Morgan fingerprint density at radius 2 is 1.74 bits per heavy atom. The monoisotopic (exact) mass is 367 g/mol. The molecule has 3 rings (SSSR count). The first-order valence-electron chi connectivity index (χ1n) is 9.09. The average Bonchev–Trinajstić information content (AvgIpc) is 2.72. The highest BCUT2D eigenvalue weighted by Crippen LogP contribution is 2.18. The van der Waals surface area contributed by atoms with Crippen LogP contribution < -0.4 is 10.2 Å². The summed E-state index contributed by atoms with van der Waals surface area (Å²) in [5, 5.41) is 3.18. The van der Waals surface area contributed by atoms with E-state index < -0.39 is 0 Å². The van der Waals surface area contributed by atoms with Crippen molar-refractivity contribution in [1.82, 2.24) is 4.90 Å². The molecule has 1 saturated heterocycles. The van der Waals surface area contributed by atoms with Crippen molar-refractivity contribution in [1.29, 1.82) is 0 Å². The molecule has 1 heterocycles. The lowest BCUT2D eigenvalue weighted by Gasteiger charge is -2.36. The molecule has 1 aliphatic rings. The predicted octanol–water partition coefficient (Wildman–Crippen LogP) is 2.54. The van der Waals surface area contributed by atoms with Gasteiger partial charge in [-0.05, 0) is 42.8 Å². The van der Waals surface area contributed by atoms with Crippen LogP contribution in [0.4, 0.5) is 11.4 Å². The Labute approximate surface area is 159 Å². The second-order valence-electron chi connectivity index (χ2n) is 6.58. The first kappa shape index (κ1) is 18.8. The largest absolute Gasteiger partial charge is 0.465 e. The Balaban J connectivity index is 1.51. The number of hydrogen-bond acceptors (Lipinski definition) is 5. The molecule has 0 atom stereocenters. The first-order valence-corrected chi connectivity index (χ1v) is 9.09. The molecule has 0 radical (unpaired) electrons. The van der Waals surface area contributed by atoms with Crippen LogP contribution in [0.25, 0.3) is 0 Å². The van der Waals surface area contributed by atoms with Gasteiger partial charge in [-0.1, -0.05) is 18.2 Å². The second kappa shape index (κ2) is 8.58. The maximum atomic E-state index is 12.5. The van der Waals surface area contributed by atoms with Crippen LogP contribution in [0.5, 0.6) is 0 Å². The highest BCUT2D eigenvalue weighted by atomic mass is 16.5. The van der Waals surface area contributed by atoms with Crippen molar-refractivity contribution in [3.63, 3.8) is 0 Å². The molecule has 0 spiro atoms. The van der Waals surface area contributed by atoms with Crippen molar-refractivity contribution in [2.75, 3.05) is 50.1 Å². The van der Waals surface area contributed by atoms with Crippen LogP contribution >= 0.6 is 0 Å². The smallest absolute Gasteiger partial charge is 0.337 e. The van der Waals surface area contributed by atoms with E-state index in [0.717, 1.165) is 37.4 Å². The summed E-state index contributed by atoms with van der Waals surface area (Å²) in [6.07, 6.45) is 0. The Kier molecular flexibility index (Phi) is 5.96. The molecular formula is C21H25N3O3. The topological polar surface area (TPSA) is 61.9 Å². The highest BCUT2D eigenvalue weighted by molar-refractivity contribution is 5.90. The van der Waals surface area contributed by atoms with Gasteiger partial charge in [0.2, 0.25) is 5.91 Å². The number of amides is 1.